The zero-order valence-electron chi connectivity index (χ0n) is 10.0. The lowest BCUT2D eigenvalue weighted by molar-refractivity contribution is 0.171. The van der Waals surface area contributed by atoms with Crippen LogP contribution in [0.4, 0.5) is 4.39 Å². The van der Waals surface area contributed by atoms with Gasteiger partial charge in [0.1, 0.15) is 5.54 Å². The summed E-state index contributed by atoms with van der Waals surface area (Å²) in [6, 6.07) is 1.38. The van der Waals surface area contributed by atoms with E-state index in [-0.39, 0.29) is 17.4 Å². The molecule has 2 aliphatic rings. The zero-order valence-corrected chi connectivity index (χ0v) is 10.8. The van der Waals surface area contributed by atoms with Crippen LogP contribution in [0.3, 0.4) is 0 Å². The van der Waals surface area contributed by atoms with Crippen molar-refractivity contribution in [1.29, 1.82) is 0 Å². The number of benzene rings is 1. The summed E-state index contributed by atoms with van der Waals surface area (Å²) < 4.78 is 25.0. The Morgan fingerprint density at radius 1 is 1.37 bits per heavy atom. The highest BCUT2D eigenvalue weighted by molar-refractivity contribution is 6.31. The molecule has 1 aliphatic heterocycles. The van der Waals surface area contributed by atoms with Crippen molar-refractivity contribution in [3.8, 4) is 11.5 Å². The van der Waals surface area contributed by atoms with Crippen LogP contribution < -0.4 is 9.47 Å². The highest BCUT2D eigenvalue weighted by Gasteiger charge is 2.43. The molecule has 0 amide bonds. The molecule has 0 bridgehead atoms. The third kappa shape index (κ3) is 1.81. The van der Waals surface area contributed by atoms with E-state index in [1.54, 1.807) is 6.08 Å². The highest BCUT2D eigenvalue weighted by Crippen LogP contribution is 2.52. The smallest absolute Gasteiger partial charge is 0.235 e. The summed E-state index contributed by atoms with van der Waals surface area (Å²) in [6.07, 6.45) is 4.45. The molecule has 1 aliphatic carbocycles. The fourth-order valence-corrected chi connectivity index (χ4v) is 3.06. The van der Waals surface area contributed by atoms with E-state index in [4.69, 9.17) is 21.1 Å². The van der Waals surface area contributed by atoms with Crippen LogP contribution in [0.5, 0.6) is 11.5 Å². The minimum absolute atomic E-state index is 0.0169. The Bertz CT molecular complexity index is 578. The second kappa shape index (κ2) is 4.51. The third-order valence-electron chi connectivity index (χ3n) is 3.71. The van der Waals surface area contributed by atoms with Crippen LogP contribution in [0.15, 0.2) is 11.1 Å². The Morgan fingerprint density at radius 3 is 2.79 bits per heavy atom. The number of ether oxygens (including phenoxy) is 2. The molecular formula is C13H11ClFNO3. The van der Waals surface area contributed by atoms with Gasteiger partial charge in [-0.25, -0.2) is 9.18 Å². The van der Waals surface area contributed by atoms with Gasteiger partial charge in [-0.15, -0.1) is 0 Å². The molecular weight excluding hydrogens is 273 g/mol. The van der Waals surface area contributed by atoms with Crippen LogP contribution >= 0.6 is 11.6 Å². The van der Waals surface area contributed by atoms with Crippen molar-refractivity contribution in [3.05, 3.63) is 22.5 Å². The Morgan fingerprint density at radius 2 is 2.11 bits per heavy atom. The van der Waals surface area contributed by atoms with Gasteiger partial charge in [-0.2, -0.15) is 4.99 Å². The van der Waals surface area contributed by atoms with Gasteiger partial charge in [0.25, 0.3) is 0 Å². The van der Waals surface area contributed by atoms with E-state index in [2.05, 4.69) is 4.99 Å². The second-order valence-corrected chi connectivity index (χ2v) is 5.13. The van der Waals surface area contributed by atoms with Gasteiger partial charge in [0, 0.05) is 6.07 Å². The van der Waals surface area contributed by atoms with Crippen molar-refractivity contribution >= 4 is 17.7 Å². The van der Waals surface area contributed by atoms with Gasteiger partial charge >= 0.3 is 0 Å². The Hall–Kier alpha value is -1.58. The van der Waals surface area contributed by atoms with E-state index in [9.17, 15) is 9.18 Å². The van der Waals surface area contributed by atoms with Crippen LogP contribution in [-0.4, -0.2) is 12.9 Å². The van der Waals surface area contributed by atoms with E-state index in [0.717, 1.165) is 12.8 Å². The van der Waals surface area contributed by atoms with Crippen molar-refractivity contribution < 1.29 is 18.7 Å². The molecule has 1 heterocycles. The van der Waals surface area contributed by atoms with Gasteiger partial charge < -0.3 is 9.47 Å². The van der Waals surface area contributed by atoms with Gasteiger partial charge in [0.2, 0.25) is 12.9 Å². The van der Waals surface area contributed by atoms with Gasteiger partial charge in [-0.05, 0) is 12.8 Å². The highest BCUT2D eigenvalue weighted by atomic mass is 35.5. The first-order chi connectivity index (χ1) is 9.18. The fourth-order valence-electron chi connectivity index (χ4n) is 2.87. The van der Waals surface area contributed by atoms with Crippen LogP contribution in [0.2, 0.25) is 5.02 Å². The quantitative estimate of drug-likeness (QED) is 0.618. The molecule has 0 N–H and O–H groups in total. The minimum Gasteiger partial charge on any atom is -0.454 e. The van der Waals surface area contributed by atoms with E-state index in [1.165, 1.54) is 6.07 Å². The predicted octanol–water partition coefficient (Wildman–Crippen LogP) is 3.31. The molecule has 6 heteroatoms. The molecule has 1 fully saturated rings. The average molecular weight is 284 g/mol. The van der Waals surface area contributed by atoms with Crippen LogP contribution in [0.25, 0.3) is 0 Å². The fraction of sp³-hybridized carbons (Fsp3) is 0.462. The first-order valence-corrected chi connectivity index (χ1v) is 6.43. The lowest BCUT2D eigenvalue weighted by Crippen LogP contribution is -2.21. The summed E-state index contributed by atoms with van der Waals surface area (Å²) >= 11 is 5.89. The molecule has 4 nitrogen and oxygen atoms in total. The Kier molecular flexibility index (Phi) is 2.96. The van der Waals surface area contributed by atoms with Gasteiger partial charge in [0.05, 0.1) is 10.6 Å². The van der Waals surface area contributed by atoms with Crippen LogP contribution in [0.1, 0.15) is 31.2 Å². The molecule has 19 heavy (non-hydrogen) atoms. The van der Waals surface area contributed by atoms with E-state index >= 15 is 0 Å². The molecule has 0 unspecified atom stereocenters. The van der Waals surface area contributed by atoms with E-state index in [0.29, 0.717) is 24.3 Å². The number of hydrogen-bond acceptors (Lipinski definition) is 4. The summed E-state index contributed by atoms with van der Waals surface area (Å²) in [5.41, 5.74) is -0.692. The molecule has 1 saturated carbocycles. The molecule has 1 aromatic rings. The van der Waals surface area contributed by atoms with Crippen LogP contribution in [0, 0.1) is 5.82 Å². The maximum Gasteiger partial charge on any atom is 0.235 e. The van der Waals surface area contributed by atoms with Crippen molar-refractivity contribution in [2.75, 3.05) is 6.79 Å². The van der Waals surface area contributed by atoms with Gasteiger partial charge in [-0.1, -0.05) is 24.4 Å². The molecule has 0 saturated heterocycles. The van der Waals surface area contributed by atoms with Gasteiger partial charge in [0.15, 0.2) is 17.3 Å². The number of halogens is 2. The number of carbonyl (C=O) groups excluding carboxylic acids is 1. The maximum atomic E-state index is 14.4. The molecule has 3 rings (SSSR count). The zero-order chi connectivity index (χ0) is 13.5. The molecule has 0 radical (unpaired) electrons. The monoisotopic (exact) mass is 283 g/mol. The van der Waals surface area contributed by atoms with E-state index in [1.807, 2.05) is 0 Å². The largest absolute Gasteiger partial charge is 0.454 e. The maximum absolute atomic E-state index is 14.4. The average Bonchev–Trinajstić information content (AvgIpc) is 3.01. The van der Waals surface area contributed by atoms with Crippen molar-refractivity contribution in [2.45, 2.75) is 31.2 Å². The number of nitrogens with zero attached hydrogens (tertiary/aromatic N) is 1. The first-order valence-electron chi connectivity index (χ1n) is 6.05. The molecule has 0 spiro atoms. The lowest BCUT2D eigenvalue weighted by atomic mass is 9.87. The topological polar surface area (TPSA) is 47.9 Å². The number of isocyanates is 1. The first kappa shape index (κ1) is 12.5. The molecule has 1 aromatic carbocycles. The third-order valence-corrected chi connectivity index (χ3v) is 3.99. The summed E-state index contributed by atoms with van der Waals surface area (Å²) in [5, 5.41) is -0.0494. The Labute approximate surface area is 114 Å². The van der Waals surface area contributed by atoms with Crippen LogP contribution in [-0.2, 0) is 10.3 Å². The summed E-state index contributed by atoms with van der Waals surface area (Å²) in [6.45, 7) is 0.0169. The molecule has 0 atom stereocenters. The number of hydrogen-bond donors (Lipinski definition) is 0. The molecule has 100 valence electrons. The van der Waals surface area contributed by atoms with Gasteiger partial charge in [-0.3, -0.25) is 0 Å². The Balaban J connectivity index is 2.26. The number of fused-ring (bicyclic) bond motifs is 1. The number of aliphatic imine (C=N–C) groups is 1. The summed E-state index contributed by atoms with van der Waals surface area (Å²) in [5.74, 6) is 0.114. The van der Waals surface area contributed by atoms with Crippen molar-refractivity contribution in [1.82, 2.24) is 0 Å². The predicted molar refractivity (Wildman–Crippen MR) is 65.8 cm³/mol. The summed E-state index contributed by atoms with van der Waals surface area (Å²) in [4.78, 5) is 14.6. The summed E-state index contributed by atoms with van der Waals surface area (Å²) in [7, 11) is 0. The second-order valence-electron chi connectivity index (χ2n) is 4.72. The SMILES string of the molecule is O=C=NC1(c2c(F)c(Cl)cc3c2OCO3)CCCC1. The normalized spacial score (nSPS) is 19.3. The van der Waals surface area contributed by atoms with Crippen molar-refractivity contribution in [3.63, 3.8) is 0 Å². The number of rotatable bonds is 2. The standard InChI is InChI=1S/C13H11ClFNO3/c14-8-5-9-12(19-7-18-9)10(11(8)15)13(16-6-17)3-1-2-4-13/h5H,1-4,7H2. The van der Waals surface area contributed by atoms with Crippen molar-refractivity contribution in [2.24, 2.45) is 4.99 Å². The minimum atomic E-state index is -0.922. The lowest BCUT2D eigenvalue weighted by Gasteiger charge is -2.25. The molecule has 0 aromatic heterocycles. The van der Waals surface area contributed by atoms with E-state index < -0.39 is 11.4 Å².